The number of aromatic amines is 2. The number of amides is 2. The molecule has 2 aromatic carbocycles. The summed E-state index contributed by atoms with van der Waals surface area (Å²) in [4.78, 5) is 40.8. The maximum Gasteiger partial charge on any atom is 0.272 e. The zero-order chi connectivity index (χ0) is 23.4. The Kier molecular flexibility index (Phi) is 6.53. The Hall–Kier alpha value is -3.94. The van der Waals surface area contributed by atoms with Crippen molar-refractivity contribution in [2.45, 2.75) is 32.7 Å². The van der Waals surface area contributed by atoms with Crippen molar-refractivity contribution in [1.29, 1.82) is 0 Å². The lowest BCUT2D eigenvalue weighted by molar-refractivity contribution is -0.129. The van der Waals surface area contributed by atoms with E-state index in [1.807, 2.05) is 38.2 Å². The summed E-state index contributed by atoms with van der Waals surface area (Å²) in [5.74, 6) is -0.648. The van der Waals surface area contributed by atoms with Gasteiger partial charge in [-0.3, -0.25) is 14.4 Å². The van der Waals surface area contributed by atoms with Crippen LogP contribution in [-0.2, 0) is 22.4 Å². The molecule has 2 aromatic heterocycles. The van der Waals surface area contributed by atoms with Crippen LogP contribution in [0.4, 0.5) is 0 Å². The van der Waals surface area contributed by atoms with E-state index in [1.165, 1.54) is 0 Å². The highest BCUT2D eigenvalue weighted by Crippen LogP contribution is 2.18. The fourth-order valence-corrected chi connectivity index (χ4v) is 3.99. The molecule has 4 aromatic rings. The van der Waals surface area contributed by atoms with Gasteiger partial charge in [-0.1, -0.05) is 50.2 Å². The fourth-order valence-electron chi connectivity index (χ4n) is 3.99. The van der Waals surface area contributed by atoms with Crippen LogP contribution in [0.3, 0.4) is 0 Å². The number of hydrogen-bond acceptors (Lipinski definition) is 4. The lowest BCUT2D eigenvalue weighted by Crippen LogP contribution is -2.50. The number of fused-ring (bicyclic) bond motifs is 2. The van der Waals surface area contributed by atoms with Gasteiger partial charge in [0.15, 0.2) is 0 Å². The number of nitrogens with zero attached hydrogens (tertiary/aromatic N) is 1. The highest BCUT2D eigenvalue weighted by Gasteiger charge is 2.24. The molecule has 0 radical (unpaired) electrons. The first-order chi connectivity index (χ1) is 15.9. The largest absolute Gasteiger partial charge is 0.361 e. The Morgan fingerprint density at radius 2 is 1.70 bits per heavy atom. The summed E-state index contributed by atoms with van der Waals surface area (Å²) >= 11 is 0. The molecule has 33 heavy (non-hydrogen) atoms. The molecule has 0 saturated carbocycles. The molecule has 0 spiro atoms. The highest BCUT2D eigenvalue weighted by molar-refractivity contribution is 5.91. The zero-order valence-corrected chi connectivity index (χ0v) is 18.6. The molecule has 2 amide bonds. The molecule has 0 aliphatic carbocycles. The van der Waals surface area contributed by atoms with Crippen LogP contribution in [0.15, 0.2) is 59.5 Å². The molecular formula is C25H27N5O3. The van der Waals surface area contributed by atoms with Gasteiger partial charge in [0.2, 0.25) is 11.8 Å². The minimum atomic E-state index is -0.672. The van der Waals surface area contributed by atoms with Gasteiger partial charge in [-0.2, -0.15) is 5.10 Å². The number of carbonyl (C=O) groups excluding carboxylic acids is 2. The van der Waals surface area contributed by atoms with Gasteiger partial charge < -0.3 is 15.6 Å². The summed E-state index contributed by atoms with van der Waals surface area (Å²) in [5.41, 5.74) is 2.36. The third kappa shape index (κ3) is 4.95. The summed E-state index contributed by atoms with van der Waals surface area (Å²) in [6, 6.07) is 14.4. The molecule has 0 aliphatic rings. The molecule has 1 atom stereocenters. The molecule has 0 aliphatic heterocycles. The standard InChI is InChI=1S/C25H27N5O3/c1-15(2)23(25(33)26-12-11-16-14-27-20-10-6-5-7-17(16)20)28-22(31)13-21-18-8-3-4-9-19(18)24(32)30-29-21/h3-10,14-15,23,27H,11-13H2,1-2H3,(H,26,33)(H,28,31)(H,30,32). The van der Waals surface area contributed by atoms with Crippen LogP contribution in [0, 0.1) is 5.92 Å². The van der Waals surface area contributed by atoms with E-state index >= 15 is 0 Å². The number of para-hydroxylation sites is 1. The van der Waals surface area contributed by atoms with Crippen LogP contribution < -0.4 is 16.2 Å². The van der Waals surface area contributed by atoms with Crippen molar-refractivity contribution >= 4 is 33.5 Å². The molecule has 8 nitrogen and oxygen atoms in total. The smallest absolute Gasteiger partial charge is 0.272 e. The second-order valence-corrected chi connectivity index (χ2v) is 8.41. The quantitative estimate of drug-likeness (QED) is 0.333. The minimum Gasteiger partial charge on any atom is -0.361 e. The Morgan fingerprint density at radius 1 is 1.00 bits per heavy atom. The molecule has 170 valence electrons. The summed E-state index contributed by atoms with van der Waals surface area (Å²) in [6.07, 6.45) is 2.60. The third-order valence-corrected chi connectivity index (χ3v) is 5.74. The van der Waals surface area contributed by atoms with E-state index in [-0.39, 0.29) is 29.7 Å². The number of rotatable bonds is 8. The zero-order valence-electron chi connectivity index (χ0n) is 18.6. The number of H-pyrrole nitrogens is 2. The van der Waals surface area contributed by atoms with Gasteiger partial charge in [-0.15, -0.1) is 0 Å². The Labute approximate surface area is 190 Å². The molecule has 1 unspecified atom stereocenters. The van der Waals surface area contributed by atoms with Crippen LogP contribution in [0.2, 0.25) is 0 Å². The van der Waals surface area contributed by atoms with E-state index < -0.39 is 6.04 Å². The van der Waals surface area contributed by atoms with Crippen LogP contribution in [0.1, 0.15) is 25.1 Å². The van der Waals surface area contributed by atoms with Crippen LogP contribution in [0.25, 0.3) is 21.7 Å². The highest BCUT2D eigenvalue weighted by atomic mass is 16.2. The van der Waals surface area contributed by atoms with Gasteiger partial charge in [-0.05, 0) is 30.0 Å². The van der Waals surface area contributed by atoms with Gasteiger partial charge >= 0.3 is 0 Å². The summed E-state index contributed by atoms with van der Waals surface area (Å²) in [7, 11) is 0. The van der Waals surface area contributed by atoms with Gasteiger partial charge in [-0.25, -0.2) is 5.10 Å². The van der Waals surface area contributed by atoms with E-state index in [4.69, 9.17) is 0 Å². The van der Waals surface area contributed by atoms with Crippen molar-refractivity contribution in [2.24, 2.45) is 5.92 Å². The molecule has 4 N–H and O–H groups in total. The normalized spacial score (nSPS) is 12.2. The number of aromatic nitrogens is 3. The molecule has 0 fully saturated rings. The van der Waals surface area contributed by atoms with Crippen molar-refractivity contribution < 1.29 is 9.59 Å². The Bertz CT molecular complexity index is 1350. The van der Waals surface area contributed by atoms with E-state index in [9.17, 15) is 14.4 Å². The number of nitrogens with one attached hydrogen (secondary N) is 4. The van der Waals surface area contributed by atoms with Crippen LogP contribution in [-0.4, -0.2) is 39.6 Å². The SMILES string of the molecule is CC(C)C(NC(=O)Cc1n[nH]c(=O)c2ccccc12)C(=O)NCCc1c[nH]c2ccccc12. The summed E-state index contributed by atoms with van der Waals surface area (Å²) < 4.78 is 0. The molecule has 0 bridgehead atoms. The van der Waals surface area contributed by atoms with Gasteiger partial charge in [0, 0.05) is 29.0 Å². The van der Waals surface area contributed by atoms with Crippen molar-refractivity contribution in [3.05, 3.63) is 76.3 Å². The van der Waals surface area contributed by atoms with E-state index in [0.717, 1.165) is 16.5 Å². The summed E-state index contributed by atoms with van der Waals surface area (Å²) in [5, 5.41) is 14.5. The molecule has 4 rings (SSSR count). The van der Waals surface area contributed by atoms with Crippen molar-refractivity contribution in [3.63, 3.8) is 0 Å². The number of hydrogen-bond donors (Lipinski definition) is 4. The Morgan fingerprint density at radius 3 is 2.45 bits per heavy atom. The van der Waals surface area contributed by atoms with Gasteiger partial charge in [0.05, 0.1) is 17.5 Å². The number of benzene rings is 2. The summed E-state index contributed by atoms with van der Waals surface area (Å²) in [6.45, 7) is 4.24. The average molecular weight is 446 g/mol. The van der Waals surface area contributed by atoms with E-state index in [0.29, 0.717) is 29.4 Å². The predicted octanol–water partition coefficient (Wildman–Crippen LogP) is 2.45. The van der Waals surface area contributed by atoms with E-state index in [1.54, 1.807) is 24.3 Å². The molecular weight excluding hydrogens is 418 g/mol. The first-order valence-electron chi connectivity index (χ1n) is 11.0. The van der Waals surface area contributed by atoms with Crippen LogP contribution in [0.5, 0.6) is 0 Å². The lowest BCUT2D eigenvalue weighted by Gasteiger charge is -2.21. The van der Waals surface area contributed by atoms with Gasteiger partial charge in [0.1, 0.15) is 6.04 Å². The monoisotopic (exact) mass is 445 g/mol. The fraction of sp³-hybridized carbons (Fsp3) is 0.280. The third-order valence-electron chi connectivity index (χ3n) is 5.74. The van der Waals surface area contributed by atoms with Crippen molar-refractivity contribution in [3.8, 4) is 0 Å². The molecule has 2 heterocycles. The predicted molar refractivity (Wildman–Crippen MR) is 128 cm³/mol. The minimum absolute atomic E-state index is 0.0386. The molecule has 0 saturated heterocycles. The molecule has 8 heteroatoms. The first-order valence-corrected chi connectivity index (χ1v) is 11.0. The lowest BCUT2D eigenvalue weighted by atomic mass is 10.0. The Balaban J connectivity index is 1.38. The first kappa shape index (κ1) is 22.3. The topological polar surface area (TPSA) is 120 Å². The second kappa shape index (κ2) is 9.68. The van der Waals surface area contributed by atoms with Gasteiger partial charge in [0.25, 0.3) is 5.56 Å². The number of carbonyl (C=O) groups is 2. The van der Waals surface area contributed by atoms with Crippen LogP contribution >= 0.6 is 0 Å². The second-order valence-electron chi connectivity index (χ2n) is 8.41. The van der Waals surface area contributed by atoms with Crippen molar-refractivity contribution in [1.82, 2.24) is 25.8 Å². The van der Waals surface area contributed by atoms with E-state index in [2.05, 4.69) is 31.9 Å². The maximum atomic E-state index is 12.8. The average Bonchev–Trinajstić information content (AvgIpc) is 3.22. The van der Waals surface area contributed by atoms with Crippen molar-refractivity contribution in [2.75, 3.05) is 6.54 Å². The maximum absolute atomic E-state index is 12.8.